The summed E-state index contributed by atoms with van der Waals surface area (Å²) in [5, 5.41) is 0. The van der Waals surface area contributed by atoms with Crippen molar-refractivity contribution in [3.05, 3.63) is 25.3 Å². The zero-order valence-corrected chi connectivity index (χ0v) is 8.13. The number of carbonyl (C=O) groups excluding carboxylic acids is 1. The van der Waals surface area contributed by atoms with E-state index in [1.807, 2.05) is 0 Å². The summed E-state index contributed by atoms with van der Waals surface area (Å²) in [6.45, 7) is 7.20. The summed E-state index contributed by atoms with van der Waals surface area (Å²) < 4.78 is 36.4. The molecular formula is C10H12F3NO. The molecule has 0 aromatic rings. The summed E-state index contributed by atoms with van der Waals surface area (Å²) in [5.41, 5.74) is 0. The fraction of sp³-hybridized carbons (Fsp3) is 0.500. The first kappa shape index (κ1) is 11.8. The van der Waals surface area contributed by atoms with Crippen molar-refractivity contribution in [2.24, 2.45) is 11.8 Å². The van der Waals surface area contributed by atoms with Crippen LogP contribution in [0.1, 0.15) is 0 Å². The van der Waals surface area contributed by atoms with Crippen molar-refractivity contribution < 1.29 is 18.0 Å². The van der Waals surface area contributed by atoms with Gasteiger partial charge in [0.1, 0.15) is 0 Å². The molecular weight excluding hydrogens is 207 g/mol. The molecule has 1 aliphatic heterocycles. The van der Waals surface area contributed by atoms with Crippen molar-refractivity contribution in [1.82, 2.24) is 4.90 Å². The molecule has 1 heterocycles. The highest BCUT2D eigenvalue weighted by Crippen LogP contribution is 2.29. The molecule has 0 radical (unpaired) electrons. The molecule has 0 bridgehead atoms. The van der Waals surface area contributed by atoms with Crippen LogP contribution in [0.4, 0.5) is 13.2 Å². The van der Waals surface area contributed by atoms with Crippen LogP contribution in [-0.4, -0.2) is 30.1 Å². The van der Waals surface area contributed by atoms with Crippen molar-refractivity contribution in [2.45, 2.75) is 6.18 Å². The lowest BCUT2D eigenvalue weighted by Gasteiger charge is -2.17. The molecule has 1 saturated heterocycles. The van der Waals surface area contributed by atoms with Crippen molar-refractivity contribution in [3.8, 4) is 0 Å². The lowest BCUT2D eigenvalue weighted by Crippen LogP contribution is -2.39. The molecule has 1 rings (SSSR count). The van der Waals surface area contributed by atoms with Crippen molar-refractivity contribution in [2.75, 3.05) is 13.1 Å². The number of likely N-dealkylation sites (tertiary alicyclic amines) is 1. The van der Waals surface area contributed by atoms with Crippen LogP contribution in [0, 0.1) is 11.8 Å². The molecule has 2 atom stereocenters. The van der Waals surface area contributed by atoms with E-state index in [4.69, 9.17) is 0 Å². The first-order valence-electron chi connectivity index (χ1n) is 4.51. The Bertz CT molecular complexity index is 269. The van der Waals surface area contributed by atoms with Gasteiger partial charge in [0, 0.05) is 24.9 Å². The number of carbonyl (C=O) groups is 1. The second-order valence-electron chi connectivity index (χ2n) is 3.51. The van der Waals surface area contributed by atoms with Crippen LogP contribution in [-0.2, 0) is 4.79 Å². The fourth-order valence-corrected chi connectivity index (χ4v) is 1.70. The zero-order chi connectivity index (χ0) is 11.6. The van der Waals surface area contributed by atoms with Gasteiger partial charge in [0.2, 0.25) is 0 Å². The Morgan fingerprint density at radius 3 is 1.87 bits per heavy atom. The smallest absolute Gasteiger partial charge is 0.334 e. The molecule has 1 amide bonds. The average molecular weight is 219 g/mol. The van der Waals surface area contributed by atoms with Crippen LogP contribution in [0.3, 0.4) is 0 Å². The quantitative estimate of drug-likeness (QED) is 0.650. The van der Waals surface area contributed by atoms with Crippen LogP contribution in [0.5, 0.6) is 0 Å². The third kappa shape index (κ3) is 2.40. The van der Waals surface area contributed by atoms with E-state index < -0.39 is 12.1 Å². The third-order valence-electron chi connectivity index (χ3n) is 2.55. The van der Waals surface area contributed by atoms with E-state index in [-0.39, 0.29) is 24.9 Å². The molecule has 2 nitrogen and oxygen atoms in total. The molecule has 0 N–H and O–H groups in total. The van der Waals surface area contributed by atoms with Gasteiger partial charge >= 0.3 is 12.1 Å². The van der Waals surface area contributed by atoms with Gasteiger partial charge in [0.05, 0.1) is 0 Å². The van der Waals surface area contributed by atoms with Gasteiger partial charge in [-0.2, -0.15) is 13.2 Å². The van der Waals surface area contributed by atoms with Gasteiger partial charge in [-0.25, -0.2) is 0 Å². The largest absolute Gasteiger partial charge is 0.471 e. The van der Waals surface area contributed by atoms with Gasteiger partial charge < -0.3 is 4.90 Å². The summed E-state index contributed by atoms with van der Waals surface area (Å²) >= 11 is 0. The number of alkyl halides is 3. The van der Waals surface area contributed by atoms with Crippen LogP contribution in [0.2, 0.25) is 0 Å². The Kier molecular flexibility index (Phi) is 3.21. The van der Waals surface area contributed by atoms with Gasteiger partial charge in [-0.05, 0) is 0 Å². The summed E-state index contributed by atoms with van der Waals surface area (Å²) in [6.07, 6.45) is -1.66. The minimum absolute atomic E-state index is 0.0680. The first-order valence-corrected chi connectivity index (χ1v) is 4.51. The Hall–Kier alpha value is -1.26. The maximum absolute atomic E-state index is 12.1. The molecule has 5 heteroatoms. The minimum atomic E-state index is -4.79. The molecule has 15 heavy (non-hydrogen) atoms. The monoisotopic (exact) mass is 219 g/mol. The van der Waals surface area contributed by atoms with E-state index in [9.17, 15) is 18.0 Å². The van der Waals surface area contributed by atoms with E-state index in [2.05, 4.69) is 13.2 Å². The van der Waals surface area contributed by atoms with E-state index in [1.54, 1.807) is 12.2 Å². The van der Waals surface area contributed by atoms with Gasteiger partial charge in [-0.15, -0.1) is 13.2 Å². The number of rotatable bonds is 2. The van der Waals surface area contributed by atoms with Gasteiger partial charge in [0.15, 0.2) is 0 Å². The Balaban J connectivity index is 2.73. The van der Waals surface area contributed by atoms with Gasteiger partial charge in [-0.1, -0.05) is 12.2 Å². The zero-order valence-electron chi connectivity index (χ0n) is 8.13. The van der Waals surface area contributed by atoms with Crippen molar-refractivity contribution in [3.63, 3.8) is 0 Å². The Labute approximate surface area is 86.1 Å². The summed E-state index contributed by atoms with van der Waals surface area (Å²) in [4.78, 5) is 11.7. The Morgan fingerprint density at radius 2 is 1.60 bits per heavy atom. The van der Waals surface area contributed by atoms with Crippen molar-refractivity contribution >= 4 is 5.91 Å². The van der Waals surface area contributed by atoms with Crippen LogP contribution < -0.4 is 0 Å². The number of hydrogen-bond donors (Lipinski definition) is 0. The molecule has 1 aliphatic rings. The third-order valence-corrected chi connectivity index (χ3v) is 2.55. The molecule has 84 valence electrons. The Morgan fingerprint density at radius 1 is 1.20 bits per heavy atom. The fourth-order valence-electron chi connectivity index (χ4n) is 1.70. The molecule has 0 spiro atoms. The van der Waals surface area contributed by atoms with Crippen LogP contribution in [0.25, 0.3) is 0 Å². The topological polar surface area (TPSA) is 20.3 Å². The van der Waals surface area contributed by atoms with E-state index >= 15 is 0 Å². The second-order valence-corrected chi connectivity index (χ2v) is 3.51. The normalized spacial score (nSPS) is 26.5. The SMILES string of the molecule is C=CC1CN(C(=O)C(F)(F)F)CC1C=C. The number of hydrogen-bond acceptors (Lipinski definition) is 1. The summed E-state index contributed by atoms with van der Waals surface area (Å²) in [6, 6.07) is 0. The molecule has 0 aliphatic carbocycles. The lowest BCUT2D eigenvalue weighted by molar-refractivity contribution is -0.184. The highest BCUT2D eigenvalue weighted by Gasteiger charge is 2.45. The number of halogens is 3. The second kappa shape index (κ2) is 4.08. The highest BCUT2D eigenvalue weighted by molar-refractivity contribution is 5.82. The molecule has 0 saturated carbocycles. The number of amides is 1. The van der Waals surface area contributed by atoms with E-state index in [1.165, 1.54) is 0 Å². The maximum atomic E-state index is 12.1. The first-order chi connectivity index (χ1) is 6.90. The average Bonchev–Trinajstić information content (AvgIpc) is 2.57. The van der Waals surface area contributed by atoms with Gasteiger partial charge in [0.25, 0.3) is 0 Å². The van der Waals surface area contributed by atoms with Crippen molar-refractivity contribution in [1.29, 1.82) is 0 Å². The van der Waals surface area contributed by atoms with Crippen LogP contribution in [0.15, 0.2) is 25.3 Å². The predicted octanol–water partition coefficient (Wildman–Crippen LogP) is 2.00. The van der Waals surface area contributed by atoms with E-state index in [0.29, 0.717) is 0 Å². The highest BCUT2D eigenvalue weighted by atomic mass is 19.4. The minimum Gasteiger partial charge on any atom is -0.334 e. The van der Waals surface area contributed by atoms with Gasteiger partial charge in [-0.3, -0.25) is 4.79 Å². The predicted molar refractivity (Wildman–Crippen MR) is 50.0 cm³/mol. The molecule has 0 aromatic carbocycles. The summed E-state index contributed by atoms with van der Waals surface area (Å²) in [5.74, 6) is -2.04. The molecule has 2 unspecified atom stereocenters. The lowest BCUT2D eigenvalue weighted by atomic mass is 9.97. The maximum Gasteiger partial charge on any atom is 0.471 e. The number of nitrogens with zero attached hydrogens (tertiary/aromatic N) is 1. The van der Waals surface area contributed by atoms with E-state index in [0.717, 1.165) is 4.90 Å². The standard InChI is InChI=1S/C10H12F3NO/c1-3-7-5-14(6-8(7)4-2)9(15)10(11,12)13/h3-4,7-8H,1-2,5-6H2. The summed E-state index contributed by atoms with van der Waals surface area (Å²) in [7, 11) is 0. The molecule has 0 aromatic heterocycles. The molecule has 1 fully saturated rings. The van der Waals surface area contributed by atoms with Crippen LogP contribution >= 0.6 is 0 Å².